The van der Waals surface area contributed by atoms with Gasteiger partial charge in [-0.05, 0) is 32.8 Å². The normalized spacial score (nSPS) is 26.5. The van der Waals surface area contributed by atoms with Crippen molar-refractivity contribution >= 4 is 28.6 Å². The summed E-state index contributed by atoms with van der Waals surface area (Å²) in [5.41, 5.74) is 0.803. The number of amides is 1. The van der Waals surface area contributed by atoms with E-state index in [0.29, 0.717) is 55.8 Å². The molecule has 1 amide bonds. The van der Waals surface area contributed by atoms with Crippen LogP contribution in [0.25, 0.3) is 11.0 Å². The maximum absolute atomic E-state index is 16.0. The van der Waals surface area contributed by atoms with Crippen LogP contribution in [0.4, 0.5) is 20.7 Å². The van der Waals surface area contributed by atoms with Crippen molar-refractivity contribution in [3.8, 4) is 0 Å². The number of anilines is 2. The van der Waals surface area contributed by atoms with E-state index in [0.717, 1.165) is 0 Å². The molecule has 0 aliphatic carbocycles. The minimum absolute atomic E-state index is 0.00696. The minimum atomic E-state index is -0.745. The van der Waals surface area contributed by atoms with E-state index < -0.39 is 18.2 Å². The van der Waals surface area contributed by atoms with Gasteiger partial charge >= 0.3 is 6.09 Å². The lowest BCUT2D eigenvalue weighted by atomic mass is 10.0. The molecule has 0 spiro atoms. The van der Waals surface area contributed by atoms with Gasteiger partial charge in [-0.1, -0.05) is 5.16 Å². The van der Waals surface area contributed by atoms with Crippen molar-refractivity contribution in [1.82, 2.24) is 5.16 Å². The summed E-state index contributed by atoms with van der Waals surface area (Å²) in [5, 5.41) is 13.6. The topological polar surface area (TPSA) is 107 Å². The Balaban J connectivity index is 1.62. The number of aliphatic hydroxyl groups excluding tert-OH is 1. The Kier molecular flexibility index (Phi) is 6.12. The molecular weight excluding hydrogens is 437 g/mol. The molecule has 3 saturated heterocycles. The average molecular weight is 465 g/mol. The van der Waals surface area contributed by atoms with Crippen LogP contribution in [0.15, 0.2) is 10.6 Å². The van der Waals surface area contributed by atoms with Crippen molar-refractivity contribution in [2.45, 2.75) is 51.2 Å². The van der Waals surface area contributed by atoms with Crippen molar-refractivity contribution in [3.63, 3.8) is 0 Å². The van der Waals surface area contributed by atoms with Gasteiger partial charge < -0.3 is 33.5 Å². The van der Waals surface area contributed by atoms with Crippen LogP contribution in [-0.4, -0.2) is 74.1 Å². The van der Waals surface area contributed by atoms with E-state index in [-0.39, 0.29) is 42.9 Å². The van der Waals surface area contributed by atoms with Gasteiger partial charge in [0.25, 0.3) is 0 Å². The van der Waals surface area contributed by atoms with E-state index in [1.807, 2.05) is 18.7 Å². The van der Waals surface area contributed by atoms with Gasteiger partial charge in [0, 0.05) is 25.3 Å². The zero-order valence-electron chi connectivity index (χ0n) is 18.7. The van der Waals surface area contributed by atoms with Crippen molar-refractivity contribution in [2.75, 3.05) is 49.3 Å². The minimum Gasteiger partial charge on any atom is -0.447 e. The third kappa shape index (κ3) is 4.03. The summed E-state index contributed by atoms with van der Waals surface area (Å²) >= 11 is 0. The standard InChI is InChI=1S/C22H28FN3O7/c1-12-9-25(10-13(2)32-12)18-15(21-29-6-7-30-21)8-16-19(17(18)23)33-24-20(16)26-14(4-3-5-27)11-31-22(26)28/h8,12-14,21,27H,3-7,9-11H2,1-2H3/t12-,13-,14?/m1/s1. The quantitative estimate of drug-likeness (QED) is 0.689. The molecule has 33 heavy (non-hydrogen) atoms. The van der Waals surface area contributed by atoms with E-state index in [2.05, 4.69) is 5.16 Å². The summed E-state index contributed by atoms with van der Waals surface area (Å²) in [6.07, 6.45) is -0.482. The molecule has 3 aliphatic heterocycles. The number of benzene rings is 1. The number of ether oxygens (including phenoxy) is 4. The maximum atomic E-state index is 16.0. The lowest BCUT2D eigenvalue weighted by Gasteiger charge is -2.38. The van der Waals surface area contributed by atoms with Gasteiger partial charge in [0.15, 0.2) is 17.9 Å². The van der Waals surface area contributed by atoms with Crippen LogP contribution in [0.2, 0.25) is 0 Å². The predicted octanol–water partition coefficient (Wildman–Crippen LogP) is 2.72. The van der Waals surface area contributed by atoms with Crippen molar-refractivity contribution < 1.29 is 37.8 Å². The summed E-state index contributed by atoms with van der Waals surface area (Å²) in [4.78, 5) is 15.8. The highest BCUT2D eigenvalue weighted by Gasteiger charge is 2.39. The largest absolute Gasteiger partial charge is 0.447 e. The van der Waals surface area contributed by atoms with Gasteiger partial charge in [0.05, 0.1) is 42.5 Å². The fraction of sp³-hybridized carbons (Fsp3) is 0.636. The Labute approximate surface area is 190 Å². The van der Waals surface area contributed by atoms with E-state index in [1.165, 1.54) is 4.90 Å². The molecule has 1 unspecified atom stereocenters. The Morgan fingerprint density at radius 3 is 2.64 bits per heavy atom. The number of carbonyl (C=O) groups excluding carboxylic acids is 1. The third-order valence-corrected chi connectivity index (χ3v) is 6.19. The third-order valence-electron chi connectivity index (χ3n) is 6.19. The maximum Gasteiger partial charge on any atom is 0.416 e. The summed E-state index contributed by atoms with van der Waals surface area (Å²) in [5.74, 6) is -0.398. The Hall–Kier alpha value is -2.47. The van der Waals surface area contributed by atoms with Gasteiger partial charge in [-0.3, -0.25) is 4.90 Å². The number of rotatable bonds is 6. The van der Waals surface area contributed by atoms with Crippen molar-refractivity contribution in [3.05, 3.63) is 17.4 Å². The second kappa shape index (κ2) is 9.05. The van der Waals surface area contributed by atoms with E-state index in [1.54, 1.807) is 6.07 Å². The molecule has 11 heteroatoms. The molecule has 0 saturated carbocycles. The molecule has 0 bridgehead atoms. The van der Waals surface area contributed by atoms with E-state index in [9.17, 15) is 9.90 Å². The summed E-state index contributed by atoms with van der Waals surface area (Å²) in [6, 6.07) is 1.40. The highest BCUT2D eigenvalue weighted by Crippen LogP contribution is 2.42. The second-order valence-electron chi connectivity index (χ2n) is 8.71. The number of cyclic esters (lactones) is 1. The zero-order valence-corrected chi connectivity index (χ0v) is 18.7. The van der Waals surface area contributed by atoms with Crippen LogP contribution in [-0.2, 0) is 18.9 Å². The molecule has 1 N–H and O–H groups in total. The highest BCUT2D eigenvalue weighted by atomic mass is 19.1. The van der Waals surface area contributed by atoms with E-state index in [4.69, 9.17) is 23.5 Å². The van der Waals surface area contributed by atoms with Crippen molar-refractivity contribution in [2.24, 2.45) is 0 Å². The smallest absolute Gasteiger partial charge is 0.416 e. The first-order valence-electron chi connectivity index (χ1n) is 11.3. The number of nitrogens with zero attached hydrogens (tertiary/aromatic N) is 3. The first kappa shape index (κ1) is 22.3. The van der Waals surface area contributed by atoms with Crippen LogP contribution in [0.5, 0.6) is 0 Å². The molecule has 3 fully saturated rings. The average Bonchev–Trinajstić information content (AvgIpc) is 3.51. The molecule has 10 nitrogen and oxygen atoms in total. The first-order chi connectivity index (χ1) is 16.0. The van der Waals surface area contributed by atoms with Crippen LogP contribution in [0.3, 0.4) is 0 Å². The van der Waals surface area contributed by atoms with Gasteiger partial charge in [-0.25, -0.2) is 9.18 Å². The van der Waals surface area contributed by atoms with Crippen LogP contribution >= 0.6 is 0 Å². The Morgan fingerprint density at radius 1 is 1.21 bits per heavy atom. The summed E-state index contributed by atoms with van der Waals surface area (Å²) < 4.78 is 44.0. The number of halogens is 1. The number of carbonyl (C=O) groups is 1. The second-order valence-corrected chi connectivity index (χ2v) is 8.71. The molecular formula is C22H28FN3O7. The van der Waals surface area contributed by atoms with Crippen LogP contribution in [0, 0.1) is 5.82 Å². The molecule has 4 heterocycles. The van der Waals surface area contributed by atoms with Gasteiger partial charge in [0.2, 0.25) is 5.58 Å². The van der Waals surface area contributed by atoms with Crippen LogP contribution in [0.1, 0.15) is 38.5 Å². The number of aromatic nitrogens is 1. The molecule has 1 aromatic carbocycles. The van der Waals surface area contributed by atoms with E-state index >= 15 is 4.39 Å². The first-order valence-corrected chi connectivity index (χ1v) is 11.3. The molecule has 2 aromatic rings. The molecule has 3 atom stereocenters. The van der Waals surface area contributed by atoms with Gasteiger partial charge in [0.1, 0.15) is 6.61 Å². The predicted molar refractivity (Wildman–Crippen MR) is 115 cm³/mol. The lowest BCUT2D eigenvalue weighted by Crippen LogP contribution is -2.46. The number of hydrogen-bond acceptors (Lipinski definition) is 9. The fourth-order valence-electron chi connectivity index (χ4n) is 4.87. The number of hydrogen-bond donors (Lipinski definition) is 1. The summed E-state index contributed by atoms with van der Waals surface area (Å²) in [6.45, 7) is 5.84. The number of morpholine rings is 1. The van der Waals surface area contributed by atoms with Crippen molar-refractivity contribution in [1.29, 1.82) is 0 Å². The SMILES string of the molecule is C[C@@H]1CN(c2c(C3OCCO3)cc3c(N4C(=O)OCC4CCCO)noc3c2F)C[C@@H](C)O1. The molecule has 0 radical (unpaired) electrons. The number of fused-ring (bicyclic) bond motifs is 1. The molecule has 5 rings (SSSR count). The number of aliphatic hydroxyl groups is 1. The Morgan fingerprint density at radius 2 is 1.94 bits per heavy atom. The van der Waals surface area contributed by atoms with Gasteiger partial charge in [-0.15, -0.1) is 0 Å². The molecule has 180 valence electrons. The molecule has 3 aliphatic rings. The fourth-order valence-corrected chi connectivity index (χ4v) is 4.87. The highest BCUT2D eigenvalue weighted by molar-refractivity contribution is 6.01. The lowest BCUT2D eigenvalue weighted by molar-refractivity contribution is -0.0445. The van der Waals surface area contributed by atoms with Crippen LogP contribution < -0.4 is 9.80 Å². The zero-order chi connectivity index (χ0) is 23.1. The van der Waals surface area contributed by atoms with Gasteiger partial charge in [-0.2, -0.15) is 0 Å². The monoisotopic (exact) mass is 465 g/mol. The molecule has 1 aromatic heterocycles. The summed E-state index contributed by atoms with van der Waals surface area (Å²) in [7, 11) is 0. The Bertz CT molecular complexity index is 1020.